The number of nitro benzene ring substituents is 1. The van der Waals surface area contributed by atoms with Gasteiger partial charge in [0.05, 0.1) is 22.4 Å². The minimum absolute atomic E-state index is 0.0775. The molecule has 0 fully saturated rings. The molecule has 2 aromatic carbocycles. The number of carbonyl (C=O) groups excluding carboxylic acids is 2. The summed E-state index contributed by atoms with van der Waals surface area (Å²) in [5, 5.41) is 10.9. The van der Waals surface area contributed by atoms with E-state index < -0.39 is 16.7 Å². The van der Waals surface area contributed by atoms with Crippen LogP contribution in [0.4, 0.5) is 5.69 Å². The predicted octanol–water partition coefficient (Wildman–Crippen LogP) is 1.47. The van der Waals surface area contributed by atoms with Crippen molar-refractivity contribution < 1.29 is 14.5 Å². The second-order valence-electron chi connectivity index (χ2n) is 5.15. The molecule has 3 N–H and O–H groups in total. The number of hydrogen-bond donors (Lipinski definition) is 3. The first kappa shape index (κ1) is 16.1. The zero-order valence-electron chi connectivity index (χ0n) is 12.9. The van der Waals surface area contributed by atoms with Gasteiger partial charge < -0.3 is 4.98 Å². The standard InChI is InChI=1S/C16H13N5O4/c22-15(9-14-17-11-6-2-3-7-12(11)18-14)19-20-16(23)10-5-1-4-8-13(10)21(24)25/h1-8H,9H2,(H,17,18)(H,19,22)(H,20,23). The van der Waals surface area contributed by atoms with Crippen LogP contribution in [0.3, 0.4) is 0 Å². The first-order valence-electron chi connectivity index (χ1n) is 7.31. The molecule has 0 aliphatic carbocycles. The smallest absolute Gasteiger partial charge is 0.282 e. The molecule has 0 radical (unpaired) electrons. The van der Waals surface area contributed by atoms with Crippen molar-refractivity contribution in [3.8, 4) is 0 Å². The minimum atomic E-state index is -0.773. The first-order valence-corrected chi connectivity index (χ1v) is 7.31. The van der Waals surface area contributed by atoms with Gasteiger partial charge in [0.1, 0.15) is 11.4 Å². The molecule has 2 amide bonds. The Balaban J connectivity index is 1.62. The molecule has 0 atom stereocenters. The Kier molecular flexibility index (Phi) is 4.38. The van der Waals surface area contributed by atoms with E-state index in [1.165, 1.54) is 24.3 Å². The first-order chi connectivity index (χ1) is 12.0. The fourth-order valence-corrected chi connectivity index (χ4v) is 2.30. The molecular weight excluding hydrogens is 326 g/mol. The van der Waals surface area contributed by atoms with Crippen LogP contribution in [0.2, 0.25) is 0 Å². The van der Waals surface area contributed by atoms with Gasteiger partial charge in [-0.25, -0.2) is 4.98 Å². The van der Waals surface area contributed by atoms with Crippen LogP contribution in [0.15, 0.2) is 48.5 Å². The largest absolute Gasteiger partial charge is 0.342 e. The maximum absolute atomic E-state index is 12.0. The van der Waals surface area contributed by atoms with Crippen molar-refractivity contribution in [1.82, 2.24) is 20.8 Å². The van der Waals surface area contributed by atoms with E-state index in [1.54, 1.807) is 0 Å². The number of para-hydroxylation sites is 3. The maximum atomic E-state index is 12.0. The van der Waals surface area contributed by atoms with E-state index in [1.807, 2.05) is 24.3 Å². The van der Waals surface area contributed by atoms with Crippen molar-refractivity contribution in [2.75, 3.05) is 0 Å². The van der Waals surface area contributed by atoms with Crippen LogP contribution in [0, 0.1) is 10.1 Å². The molecule has 3 aromatic rings. The predicted molar refractivity (Wildman–Crippen MR) is 88.5 cm³/mol. The van der Waals surface area contributed by atoms with Gasteiger partial charge >= 0.3 is 0 Å². The SMILES string of the molecule is O=C(Cc1nc2ccccc2[nH]1)NNC(=O)c1ccccc1[N+](=O)[O-]. The Morgan fingerprint density at radius 3 is 2.56 bits per heavy atom. The van der Waals surface area contributed by atoms with E-state index in [9.17, 15) is 19.7 Å². The molecule has 1 aromatic heterocycles. The van der Waals surface area contributed by atoms with Crippen molar-refractivity contribution in [2.24, 2.45) is 0 Å². The average molecular weight is 339 g/mol. The maximum Gasteiger partial charge on any atom is 0.282 e. The fraction of sp³-hybridized carbons (Fsp3) is 0.0625. The van der Waals surface area contributed by atoms with Gasteiger partial charge in [0, 0.05) is 6.07 Å². The Bertz CT molecular complexity index is 933. The number of H-pyrrole nitrogens is 1. The van der Waals surface area contributed by atoms with Crippen LogP contribution in [0.5, 0.6) is 0 Å². The monoisotopic (exact) mass is 339 g/mol. The fourth-order valence-electron chi connectivity index (χ4n) is 2.30. The zero-order valence-corrected chi connectivity index (χ0v) is 12.9. The van der Waals surface area contributed by atoms with Gasteiger partial charge in [0.2, 0.25) is 5.91 Å². The summed E-state index contributed by atoms with van der Waals surface area (Å²) in [5.74, 6) is -0.838. The Hall–Kier alpha value is -3.75. The molecule has 9 nitrogen and oxygen atoms in total. The number of rotatable bonds is 4. The third kappa shape index (κ3) is 3.61. The summed E-state index contributed by atoms with van der Waals surface area (Å²) in [4.78, 5) is 41.4. The second-order valence-corrected chi connectivity index (χ2v) is 5.15. The number of nitrogens with one attached hydrogen (secondary N) is 3. The van der Waals surface area contributed by atoms with E-state index >= 15 is 0 Å². The van der Waals surface area contributed by atoms with E-state index in [2.05, 4.69) is 20.8 Å². The van der Waals surface area contributed by atoms with E-state index in [0.717, 1.165) is 11.0 Å². The zero-order chi connectivity index (χ0) is 17.8. The number of imidazole rings is 1. The van der Waals surface area contributed by atoms with Gasteiger partial charge in [-0.05, 0) is 18.2 Å². The number of aromatic amines is 1. The number of benzene rings is 2. The number of nitrogens with zero attached hydrogens (tertiary/aromatic N) is 2. The van der Waals surface area contributed by atoms with Crippen molar-refractivity contribution in [3.63, 3.8) is 0 Å². The molecule has 3 rings (SSSR count). The average Bonchev–Trinajstić information content (AvgIpc) is 3.01. The molecule has 25 heavy (non-hydrogen) atoms. The molecule has 9 heteroatoms. The third-order valence-corrected chi connectivity index (χ3v) is 3.43. The minimum Gasteiger partial charge on any atom is -0.342 e. The number of hydrazine groups is 1. The van der Waals surface area contributed by atoms with E-state index in [0.29, 0.717) is 5.82 Å². The molecule has 0 saturated heterocycles. The van der Waals surface area contributed by atoms with Crippen LogP contribution < -0.4 is 10.9 Å². The summed E-state index contributed by atoms with van der Waals surface area (Å²) < 4.78 is 0. The topological polar surface area (TPSA) is 130 Å². The molecule has 1 heterocycles. The van der Waals surface area contributed by atoms with Crippen molar-refractivity contribution in [3.05, 3.63) is 70.0 Å². The number of amides is 2. The number of hydrogen-bond acceptors (Lipinski definition) is 5. The lowest BCUT2D eigenvalue weighted by Crippen LogP contribution is -2.42. The van der Waals surface area contributed by atoms with Gasteiger partial charge in [0.15, 0.2) is 0 Å². The Labute approximate surface area is 141 Å². The van der Waals surface area contributed by atoms with Crippen molar-refractivity contribution in [2.45, 2.75) is 6.42 Å². The van der Waals surface area contributed by atoms with Crippen molar-refractivity contribution in [1.29, 1.82) is 0 Å². The van der Waals surface area contributed by atoms with Crippen LogP contribution in [-0.2, 0) is 11.2 Å². The second kappa shape index (κ2) is 6.79. The van der Waals surface area contributed by atoms with Crippen LogP contribution >= 0.6 is 0 Å². The number of carbonyl (C=O) groups is 2. The number of aromatic nitrogens is 2. The van der Waals surface area contributed by atoms with E-state index in [-0.39, 0.29) is 17.7 Å². The Morgan fingerprint density at radius 1 is 1.08 bits per heavy atom. The van der Waals surface area contributed by atoms with Gasteiger partial charge in [-0.3, -0.25) is 30.6 Å². The highest BCUT2D eigenvalue weighted by Crippen LogP contribution is 2.17. The highest BCUT2D eigenvalue weighted by molar-refractivity contribution is 5.99. The van der Waals surface area contributed by atoms with Gasteiger partial charge in [-0.15, -0.1) is 0 Å². The number of nitro groups is 1. The van der Waals surface area contributed by atoms with Crippen molar-refractivity contribution >= 4 is 28.5 Å². The lowest BCUT2D eigenvalue weighted by Gasteiger charge is -2.06. The Morgan fingerprint density at radius 2 is 1.80 bits per heavy atom. The molecule has 0 spiro atoms. The van der Waals surface area contributed by atoms with Gasteiger partial charge in [0.25, 0.3) is 11.6 Å². The van der Waals surface area contributed by atoms with Crippen LogP contribution in [-0.4, -0.2) is 26.7 Å². The highest BCUT2D eigenvalue weighted by atomic mass is 16.6. The normalized spacial score (nSPS) is 10.4. The van der Waals surface area contributed by atoms with E-state index in [4.69, 9.17) is 0 Å². The molecule has 0 aliphatic heterocycles. The van der Waals surface area contributed by atoms with Crippen LogP contribution in [0.25, 0.3) is 11.0 Å². The summed E-state index contributed by atoms with van der Waals surface area (Å²) in [6.45, 7) is 0. The molecular formula is C16H13N5O4. The lowest BCUT2D eigenvalue weighted by molar-refractivity contribution is -0.385. The quantitative estimate of drug-likeness (QED) is 0.489. The molecule has 0 unspecified atom stereocenters. The summed E-state index contributed by atoms with van der Waals surface area (Å²) in [6.07, 6.45) is -0.0775. The summed E-state index contributed by atoms with van der Waals surface area (Å²) in [6, 6.07) is 12.8. The third-order valence-electron chi connectivity index (χ3n) is 3.43. The summed E-state index contributed by atoms with van der Waals surface area (Å²) >= 11 is 0. The molecule has 0 saturated carbocycles. The number of fused-ring (bicyclic) bond motifs is 1. The molecule has 0 aliphatic rings. The molecule has 126 valence electrons. The summed E-state index contributed by atoms with van der Waals surface area (Å²) in [7, 11) is 0. The van der Waals surface area contributed by atoms with Crippen LogP contribution in [0.1, 0.15) is 16.2 Å². The van der Waals surface area contributed by atoms with Gasteiger partial charge in [-0.1, -0.05) is 24.3 Å². The highest BCUT2D eigenvalue weighted by Gasteiger charge is 2.19. The lowest BCUT2D eigenvalue weighted by atomic mass is 10.2. The van der Waals surface area contributed by atoms with Gasteiger partial charge in [-0.2, -0.15) is 0 Å². The molecule has 0 bridgehead atoms. The summed E-state index contributed by atoms with van der Waals surface area (Å²) in [5.41, 5.74) is 5.43.